The predicted octanol–water partition coefficient (Wildman–Crippen LogP) is 2.55. The topological polar surface area (TPSA) is 110 Å². The number of thiophene rings is 1. The van der Waals surface area contributed by atoms with Crippen LogP contribution in [0.5, 0.6) is 0 Å². The number of hydrogen-bond donors (Lipinski definition) is 2. The maximum Gasteiger partial charge on any atom is 0.238 e. The number of sulfonamides is 1. The highest BCUT2D eigenvalue weighted by atomic mass is 32.2. The van der Waals surface area contributed by atoms with E-state index in [2.05, 4.69) is 20.2 Å². The third kappa shape index (κ3) is 3.90. The van der Waals surface area contributed by atoms with E-state index in [1.807, 2.05) is 0 Å². The molecule has 3 heterocycles. The van der Waals surface area contributed by atoms with Crippen molar-refractivity contribution in [2.45, 2.75) is 42.7 Å². The number of nitrogens with one attached hydrogen (secondary N) is 1. The number of morpholine rings is 1. The molecule has 30 heavy (non-hydrogen) atoms. The van der Waals surface area contributed by atoms with Crippen molar-refractivity contribution in [3.8, 4) is 0 Å². The summed E-state index contributed by atoms with van der Waals surface area (Å²) in [6.45, 7) is 3.76. The van der Waals surface area contributed by atoms with Gasteiger partial charge in [0.1, 0.15) is 17.0 Å². The zero-order valence-electron chi connectivity index (χ0n) is 16.6. The predicted molar refractivity (Wildman–Crippen MR) is 118 cm³/mol. The summed E-state index contributed by atoms with van der Waals surface area (Å²) in [4.78, 5) is 12.5. The Morgan fingerprint density at radius 2 is 1.90 bits per heavy atom. The van der Waals surface area contributed by atoms with Gasteiger partial charge in [0, 0.05) is 35.3 Å². The number of rotatable bonds is 4. The van der Waals surface area contributed by atoms with Crippen molar-refractivity contribution in [3.63, 3.8) is 0 Å². The van der Waals surface area contributed by atoms with E-state index in [4.69, 9.17) is 9.88 Å². The zero-order valence-corrected chi connectivity index (χ0v) is 18.2. The molecule has 0 spiro atoms. The summed E-state index contributed by atoms with van der Waals surface area (Å²) in [6, 6.07) is 6.00. The first kappa shape index (κ1) is 20.1. The maximum absolute atomic E-state index is 11.7. The number of benzene rings is 1. The summed E-state index contributed by atoms with van der Waals surface area (Å²) in [7, 11) is -3.74. The molecule has 0 radical (unpaired) electrons. The van der Waals surface area contributed by atoms with Gasteiger partial charge in [-0.3, -0.25) is 4.90 Å². The van der Waals surface area contributed by atoms with Crippen LogP contribution < -0.4 is 10.5 Å². The van der Waals surface area contributed by atoms with Gasteiger partial charge in [-0.05, 0) is 37.8 Å². The van der Waals surface area contributed by atoms with Crippen LogP contribution in [0.4, 0.5) is 5.82 Å². The normalized spacial score (nSPS) is 23.8. The van der Waals surface area contributed by atoms with Crippen LogP contribution in [0.25, 0.3) is 20.3 Å². The molecule has 5 rings (SSSR count). The van der Waals surface area contributed by atoms with Crippen LogP contribution in [0, 0.1) is 0 Å². The van der Waals surface area contributed by atoms with E-state index in [1.54, 1.807) is 24.5 Å². The Morgan fingerprint density at radius 1 is 1.13 bits per heavy atom. The van der Waals surface area contributed by atoms with Crippen LogP contribution >= 0.6 is 11.3 Å². The molecule has 160 valence electrons. The Hall–Kier alpha value is -1.85. The smallest absolute Gasteiger partial charge is 0.238 e. The Labute approximate surface area is 179 Å². The van der Waals surface area contributed by atoms with Gasteiger partial charge >= 0.3 is 0 Å². The van der Waals surface area contributed by atoms with Gasteiger partial charge in [0.05, 0.1) is 23.5 Å². The highest BCUT2D eigenvalue weighted by Gasteiger charge is 2.27. The van der Waals surface area contributed by atoms with E-state index in [0.29, 0.717) is 12.1 Å². The number of ether oxygens (including phenoxy) is 1. The summed E-state index contributed by atoms with van der Waals surface area (Å²) < 4.78 is 29.7. The number of fused-ring (bicyclic) bond motifs is 3. The van der Waals surface area contributed by atoms with Crippen LogP contribution in [0.2, 0.25) is 0 Å². The maximum atomic E-state index is 11.7. The van der Waals surface area contributed by atoms with Gasteiger partial charge in [-0.15, -0.1) is 11.3 Å². The number of nitrogens with zero attached hydrogens (tertiary/aromatic N) is 3. The lowest BCUT2D eigenvalue weighted by Crippen LogP contribution is -2.46. The standard InChI is InChI=1S/C20H25N5O3S2/c21-30(26,27)15-5-6-16-17(11-15)29-20-18(16)19(22-12-23-20)24-13-1-3-14(4-2-13)25-7-9-28-10-8-25/h5-6,11-14H,1-4,7-10H2,(H2,21,26,27)(H,22,23,24). The van der Waals surface area contributed by atoms with Gasteiger partial charge in [0.15, 0.2) is 0 Å². The van der Waals surface area contributed by atoms with E-state index in [-0.39, 0.29) is 4.90 Å². The number of aromatic nitrogens is 2. The van der Waals surface area contributed by atoms with Crippen LogP contribution in [0.3, 0.4) is 0 Å². The fourth-order valence-electron chi connectivity index (χ4n) is 4.60. The molecule has 0 bridgehead atoms. The molecular weight excluding hydrogens is 422 g/mol. The fraction of sp³-hybridized carbons (Fsp3) is 0.500. The molecule has 3 aromatic rings. The second-order valence-corrected chi connectivity index (χ2v) is 10.6. The fourth-order valence-corrected chi connectivity index (χ4v) is 6.29. The van der Waals surface area contributed by atoms with Crippen molar-refractivity contribution in [3.05, 3.63) is 24.5 Å². The second-order valence-electron chi connectivity index (χ2n) is 8.01. The average Bonchev–Trinajstić information content (AvgIpc) is 3.13. The summed E-state index contributed by atoms with van der Waals surface area (Å²) in [5.41, 5.74) is 0. The Kier molecular flexibility index (Phi) is 5.36. The first-order valence-electron chi connectivity index (χ1n) is 10.3. The van der Waals surface area contributed by atoms with Crippen molar-refractivity contribution in [1.82, 2.24) is 14.9 Å². The zero-order chi connectivity index (χ0) is 20.7. The Morgan fingerprint density at radius 3 is 2.63 bits per heavy atom. The molecule has 1 saturated heterocycles. The molecule has 0 amide bonds. The molecule has 3 N–H and O–H groups in total. The van der Waals surface area contributed by atoms with Gasteiger partial charge < -0.3 is 10.1 Å². The van der Waals surface area contributed by atoms with Crippen molar-refractivity contribution >= 4 is 47.5 Å². The number of primary sulfonamides is 1. The van der Waals surface area contributed by atoms with Gasteiger partial charge in [0.2, 0.25) is 10.0 Å². The molecule has 1 aromatic carbocycles. The molecule has 1 saturated carbocycles. The van der Waals surface area contributed by atoms with Crippen molar-refractivity contribution < 1.29 is 13.2 Å². The molecule has 10 heteroatoms. The van der Waals surface area contributed by atoms with Gasteiger partial charge in [-0.2, -0.15) is 0 Å². The molecule has 1 aliphatic heterocycles. The minimum absolute atomic E-state index is 0.116. The van der Waals surface area contributed by atoms with Gasteiger partial charge in [0.25, 0.3) is 0 Å². The van der Waals surface area contributed by atoms with E-state index < -0.39 is 10.0 Å². The minimum atomic E-state index is -3.74. The summed E-state index contributed by atoms with van der Waals surface area (Å²) in [5.74, 6) is 0.824. The van der Waals surface area contributed by atoms with E-state index in [9.17, 15) is 8.42 Å². The van der Waals surface area contributed by atoms with E-state index in [0.717, 1.165) is 65.3 Å². The number of nitrogens with two attached hydrogens (primary N) is 1. The second kappa shape index (κ2) is 8.01. The first-order valence-corrected chi connectivity index (χ1v) is 12.6. The van der Waals surface area contributed by atoms with Crippen LogP contribution in [-0.4, -0.2) is 61.7 Å². The van der Waals surface area contributed by atoms with Crippen LogP contribution in [-0.2, 0) is 14.8 Å². The lowest BCUT2D eigenvalue weighted by Gasteiger charge is -2.39. The van der Waals surface area contributed by atoms with Crippen LogP contribution in [0.1, 0.15) is 25.7 Å². The van der Waals surface area contributed by atoms with Crippen molar-refractivity contribution in [2.24, 2.45) is 5.14 Å². The lowest BCUT2D eigenvalue weighted by molar-refractivity contribution is 0.00791. The lowest BCUT2D eigenvalue weighted by atomic mass is 9.90. The minimum Gasteiger partial charge on any atom is -0.379 e. The molecule has 2 aliphatic rings. The van der Waals surface area contributed by atoms with Crippen molar-refractivity contribution in [1.29, 1.82) is 0 Å². The van der Waals surface area contributed by atoms with E-state index >= 15 is 0 Å². The molecule has 2 fully saturated rings. The Bertz CT molecular complexity index is 1170. The number of hydrogen-bond acceptors (Lipinski definition) is 8. The molecule has 8 nitrogen and oxygen atoms in total. The van der Waals surface area contributed by atoms with E-state index in [1.165, 1.54) is 24.2 Å². The summed E-state index contributed by atoms with van der Waals surface area (Å²) in [6.07, 6.45) is 6.12. The van der Waals surface area contributed by atoms with Crippen molar-refractivity contribution in [2.75, 3.05) is 31.6 Å². The highest BCUT2D eigenvalue weighted by Crippen LogP contribution is 2.38. The first-order chi connectivity index (χ1) is 14.5. The molecule has 2 aromatic heterocycles. The summed E-state index contributed by atoms with van der Waals surface area (Å²) in [5, 5.41) is 10.8. The highest BCUT2D eigenvalue weighted by molar-refractivity contribution is 7.89. The van der Waals surface area contributed by atoms with Crippen LogP contribution in [0.15, 0.2) is 29.4 Å². The summed E-state index contributed by atoms with van der Waals surface area (Å²) >= 11 is 1.46. The average molecular weight is 448 g/mol. The largest absolute Gasteiger partial charge is 0.379 e. The monoisotopic (exact) mass is 447 g/mol. The Balaban J connectivity index is 1.37. The third-order valence-corrected chi connectivity index (χ3v) is 8.14. The molecule has 1 aliphatic carbocycles. The quantitative estimate of drug-likeness (QED) is 0.632. The third-order valence-electron chi connectivity index (χ3n) is 6.17. The van der Waals surface area contributed by atoms with Gasteiger partial charge in [-0.25, -0.2) is 23.5 Å². The molecular formula is C20H25N5O3S2. The molecule has 0 atom stereocenters. The SMILES string of the molecule is NS(=O)(=O)c1ccc2c(c1)sc1ncnc(NC3CCC(N4CCOCC4)CC3)c12. The number of anilines is 1. The van der Waals surface area contributed by atoms with Gasteiger partial charge in [-0.1, -0.05) is 6.07 Å². The molecule has 0 unspecified atom stereocenters.